The van der Waals surface area contributed by atoms with E-state index in [9.17, 15) is 9.59 Å². The Morgan fingerprint density at radius 3 is 2.23 bits per heavy atom. The first-order valence-electron chi connectivity index (χ1n) is 8.95. The monoisotopic (exact) mass is 452 g/mol. The fraction of sp³-hybridized carbons (Fsp3) is 0. The smallest absolute Gasteiger partial charge is 0.259 e. The van der Waals surface area contributed by atoms with Crippen molar-refractivity contribution in [1.29, 1.82) is 0 Å². The van der Waals surface area contributed by atoms with Gasteiger partial charge in [0.05, 0.1) is 16.3 Å². The van der Waals surface area contributed by atoms with Gasteiger partial charge in [0.25, 0.3) is 5.91 Å². The third-order valence-electron chi connectivity index (χ3n) is 4.31. The zero-order valence-corrected chi connectivity index (χ0v) is 17.8. The number of ketones is 1. The van der Waals surface area contributed by atoms with Gasteiger partial charge >= 0.3 is 0 Å². The van der Waals surface area contributed by atoms with Crippen LogP contribution < -0.4 is 5.32 Å². The molecule has 0 aliphatic heterocycles. The average Bonchev–Trinajstić information content (AvgIpc) is 3.19. The summed E-state index contributed by atoms with van der Waals surface area (Å²) in [6, 6.07) is 23.0. The SMILES string of the molecule is O=C(Nc1nc(-c2ccccc2)c(C(=O)c2ccccc2)s1)c1cc(Cl)ccc1Cl. The van der Waals surface area contributed by atoms with Crippen LogP contribution in [0.15, 0.2) is 78.9 Å². The Balaban J connectivity index is 1.73. The largest absolute Gasteiger partial charge is 0.298 e. The highest BCUT2D eigenvalue weighted by Gasteiger charge is 2.22. The fourth-order valence-corrected chi connectivity index (χ4v) is 4.20. The summed E-state index contributed by atoms with van der Waals surface area (Å²) in [5.74, 6) is -0.609. The summed E-state index contributed by atoms with van der Waals surface area (Å²) in [6.07, 6.45) is 0. The van der Waals surface area contributed by atoms with Gasteiger partial charge in [-0.2, -0.15) is 0 Å². The number of amides is 1. The Labute approximate surface area is 187 Å². The van der Waals surface area contributed by atoms with Gasteiger partial charge in [0.1, 0.15) is 4.88 Å². The van der Waals surface area contributed by atoms with Gasteiger partial charge in [-0.25, -0.2) is 4.98 Å². The van der Waals surface area contributed by atoms with Gasteiger partial charge < -0.3 is 0 Å². The predicted octanol–water partition coefficient (Wildman–Crippen LogP) is 6.60. The van der Waals surface area contributed by atoms with Crippen molar-refractivity contribution in [3.63, 3.8) is 0 Å². The van der Waals surface area contributed by atoms with Gasteiger partial charge in [0, 0.05) is 16.1 Å². The summed E-state index contributed by atoms with van der Waals surface area (Å²) in [5.41, 5.74) is 2.09. The topological polar surface area (TPSA) is 59.1 Å². The minimum absolute atomic E-state index is 0.159. The van der Waals surface area contributed by atoms with Crippen LogP contribution in [0.1, 0.15) is 25.6 Å². The first kappa shape index (κ1) is 20.3. The molecule has 4 aromatic rings. The predicted molar refractivity (Wildman–Crippen MR) is 122 cm³/mol. The van der Waals surface area contributed by atoms with E-state index < -0.39 is 5.91 Å². The molecule has 0 unspecified atom stereocenters. The lowest BCUT2D eigenvalue weighted by Gasteiger charge is -2.04. The molecule has 1 N–H and O–H groups in total. The molecule has 1 heterocycles. The standard InChI is InChI=1S/C23H14Cl2N2O2S/c24-16-11-12-18(25)17(13-16)22(29)27-23-26-19(14-7-3-1-4-8-14)21(30-23)20(28)15-9-5-2-6-10-15/h1-13H,(H,26,27,29). The maximum Gasteiger partial charge on any atom is 0.259 e. The first-order chi connectivity index (χ1) is 14.5. The summed E-state index contributed by atoms with van der Waals surface area (Å²) >= 11 is 13.2. The summed E-state index contributed by atoms with van der Waals surface area (Å²) in [7, 11) is 0. The van der Waals surface area contributed by atoms with Gasteiger partial charge in [0.2, 0.25) is 5.78 Å². The molecule has 0 spiro atoms. The number of hydrogen-bond acceptors (Lipinski definition) is 4. The molecule has 30 heavy (non-hydrogen) atoms. The number of carbonyl (C=O) groups is 2. The Kier molecular flexibility index (Phi) is 5.95. The van der Waals surface area contributed by atoms with E-state index in [-0.39, 0.29) is 16.4 Å². The van der Waals surface area contributed by atoms with Gasteiger partial charge in [0.15, 0.2) is 5.13 Å². The molecule has 0 aliphatic carbocycles. The second-order valence-electron chi connectivity index (χ2n) is 6.34. The molecule has 0 bridgehead atoms. The van der Waals surface area contributed by atoms with E-state index in [1.54, 1.807) is 36.4 Å². The quantitative estimate of drug-likeness (QED) is 0.347. The van der Waals surface area contributed by atoms with Crippen molar-refractivity contribution in [1.82, 2.24) is 4.98 Å². The Morgan fingerprint density at radius 2 is 1.53 bits per heavy atom. The number of hydrogen-bond donors (Lipinski definition) is 1. The lowest BCUT2D eigenvalue weighted by molar-refractivity contribution is 0.102. The molecule has 1 amide bonds. The van der Waals surface area contributed by atoms with E-state index in [0.717, 1.165) is 16.9 Å². The van der Waals surface area contributed by atoms with Gasteiger partial charge in [-0.3, -0.25) is 14.9 Å². The second-order valence-corrected chi connectivity index (χ2v) is 8.18. The summed E-state index contributed by atoms with van der Waals surface area (Å²) in [4.78, 5) is 30.8. The van der Waals surface area contributed by atoms with E-state index in [1.807, 2.05) is 36.4 Å². The van der Waals surface area contributed by atoms with Crippen molar-refractivity contribution >= 4 is 51.4 Å². The molecule has 3 aromatic carbocycles. The number of halogens is 2. The van der Waals surface area contributed by atoms with Gasteiger partial charge in [-0.15, -0.1) is 0 Å². The van der Waals surface area contributed by atoms with Crippen LogP contribution in [0, 0.1) is 0 Å². The van der Waals surface area contributed by atoms with Crippen LogP contribution in [-0.2, 0) is 0 Å². The van der Waals surface area contributed by atoms with Crippen molar-refractivity contribution in [2.24, 2.45) is 0 Å². The molecule has 0 saturated carbocycles. The molecule has 0 fully saturated rings. The molecular formula is C23H14Cl2N2O2S. The highest BCUT2D eigenvalue weighted by atomic mass is 35.5. The van der Waals surface area contributed by atoms with Crippen molar-refractivity contribution < 1.29 is 9.59 Å². The minimum Gasteiger partial charge on any atom is -0.298 e. The first-order valence-corrected chi connectivity index (χ1v) is 10.5. The molecule has 0 saturated heterocycles. The molecule has 0 atom stereocenters. The summed E-state index contributed by atoms with van der Waals surface area (Å²) in [5, 5.41) is 3.71. The number of nitrogens with one attached hydrogen (secondary N) is 1. The van der Waals surface area contributed by atoms with Crippen LogP contribution in [0.5, 0.6) is 0 Å². The number of benzene rings is 3. The Hall–Kier alpha value is -2.99. The van der Waals surface area contributed by atoms with E-state index in [4.69, 9.17) is 23.2 Å². The molecule has 0 aliphatic rings. The highest BCUT2D eigenvalue weighted by Crippen LogP contribution is 2.33. The molecule has 0 radical (unpaired) electrons. The number of nitrogens with zero attached hydrogens (tertiary/aromatic N) is 1. The number of aromatic nitrogens is 1. The van der Waals surface area contributed by atoms with Crippen LogP contribution in [0.3, 0.4) is 0 Å². The van der Waals surface area contributed by atoms with Crippen molar-refractivity contribution in [3.05, 3.63) is 105 Å². The normalized spacial score (nSPS) is 10.6. The molecule has 148 valence electrons. The number of thiazole rings is 1. The maximum absolute atomic E-state index is 13.1. The van der Waals surface area contributed by atoms with E-state index in [0.29, 0.717) is 26.3 Å². The highest BCUT2D eigenvalue weighted by molar-refractivity contribution is 7.18. The molecular weight excluding hydrogens is 439 g/mol. The lowest BCUT2D eigenvalue weighted by atomic mass is 10.1. The fourth-order valence-electron chi connectivity index (χ4n) is 2.88. The minimum atomic E-state index is -0.449. The Morgan fingerprint density at radius 1 is 0.867 bits per heavy atom. The van der Waals surface area contributed by atoms with Crippen molar-refractivity contribution in [3.8, 4) is 11.3 Å². The Bertz CT molecular complexity index is 1220. The molecule has 1 aromatic heterocycles. The van der Waals surface area contributed by atoms with E-state index in [1.165, 1.54) is 6.07 Å². The third kappa shape index (κ3) is 4.28. The zero-order chi connectivity index (χ0) is 21.1. The average molecular weight is 453 g/mol. The van der Waals surface area contributed by atoms with Crippen LogP contribution in [-0.4, -0.2) is 16.7 Å². The van der Waals surface area contributed by atoms with Crippen LogP contribution in [0.2, 0.25) is 10.0 Å². The van der Waals surface area contributed by atoms with Crippen LogP contribution >= 0.6 is 34.5 Å². The molecule has 4 rings (SSSR count). The van der Waals surface area contributed by atoms with E-state index >= 15 is 0 Å². The number of carbonyl (C=O) groups excluding carboxylic acids is 2. The van der Waals surface area contributed by atoms with Gasteiger partial charge in [-0.05, 0) is 18.2 Å². The van der Waals surface area contributed by atoms with Gasteiger partial charge in [-0.1, -0.05) is 95.2 Å². The molecule has 7 heteroatoms. The zero-order valence-electron chi connectivity index (χ0n) is 15.4. The number of rotatable bonds is 5. The lowest BCUT2D eigenvalue weighted by Crippen LogP contribution is -2.12. The van der Waals surface area contributed by atoms with Crippen molar-refractivity contribution in [2.75, 3.05) is 5.32 Å². The maximum atomic E-state index is 13.1. The van der Waals surface area contributed by atoms with E-state index in [2.05, 4.69) is 10.3 Å². The van der Waals surface area contributed by atoms with Crippen LogP contribution in [0.4, 0.5) is 5.13 Å². The summed E-state index contributed by atoms with van der Waals surface area (Å²) < 4.78 is 0. The number of anilines is 1. The second kappa shape index (κ2) is 8.79. The van der Waals surface area contributed by atoms with Crippen molar-refractivity contribution in [2.45, 2.75) is 0 Å². The summed E-state index contributed by atoms with van der Waals surface area (Å²) in [6.45, 7) is 0. The third-order valence-corrected chi connectivity index (χ3v) is 5.84. The molecule has 4 nitrogen and oxygen atoms in total. The van der Waals surface area contributed by atoms with Crippen LogP contribution in [0.25, 0.3) is 11.3 Å².